The maximum absolute atomic E-state index is 15.4. The number of likely N-dealkylation sites (tertiary alicyclic amines) is 2. The Bertz CT molecular complexity index is 6240. The van der Waals surface area contributed by atoms with Gasteiger partial charge in [0.05, 0.1) is 76.9 Å². The van der Waals surface area contributed by atoms with Gasteiger partial charge in [0.1, 0.15) is 13.0 Å². The molecule has 2 fully saturated rings. The zero-order valence-corrected chi connectivity index (χ0v) is 57.2. The van der Waals surface area contributed by atoms with Gasteiger partial charge in [-0.15, -0.1) is 23.5 Å². The lowest BCUT2D eigenvalue weighted by molar-refractivity contribution is -0.138. The minimum absolute atomic E-state index is 0.0264. The Labute approximate surface area is 648 Å². The number of methoxy groups -OCH3 is 2. The average molecular weight is 1510 g/mol. The van der Waals surface area contributed by atoms with Crippen molar-refractivity contribution in [3.63, 3.8) is 0 Å². The third kappa shape index (κ3) is 19.5. The molecule has 2 aliphatic rings. The molecule has 10 aromatic rings. The molecule has 550 valence electrons. The number of nitrogens with zero attached hydrogens (tertiary/aromatic N) is 6. The van der Waals surface area contributed by atoms with Crippen LogP contribution in [0, 0.1) is 30.2 Å². The smallest absolute Gasteiger partial charge is 0.383 e. The van der Waals surface area contributed by atoms with Gasteiger partial charge in [0.25, 0.3) is 0 Å². The van der Waals surface area contributed by atoms with Crippen molar-refractivity contribution in [1.29, 1.82) is 0 Å². The summed E-state index contributed by atoms with van der Waals surface area (Å²) in [7, 11) is 1.95. The fraction of sp³-hybridized carbons (Fsp3) is 0.309. The van der Waals surface area contributed by atoms with Crippen LogP contribution >= 0.6 is 23.5 Å². The molecule has 12 rings (SSSR count). The summed E-state index contributed by atoms with van der Waals surface area (Å²) in [5.41, 5.74) is -8.06. The summed E-state index contributed by atoms with van der Waals surface area (Å²) in [6.45, 7) is -18.9. The van der Waals surface area contributed by atoms with Crippen LogP contribution in [0.2, 0.25) is 0 Å². The summed E-state index contributed by atoms with van der Waals surface area (Å²) >= 11 is 0.956. The van der Waals surface area contributed by atoms with E-state index in [1.807, 2.05) is 0 Å². The molecule has 0 radical (unpaired) electrons. The highest BCUT2D eigenvalue weighted by atomic mass is 32.2. The quantitative estimate of drug-likeness (QED) is 0.0428. The molecule has 2 aliphatic heterocycles. The van der Waals surface area contributed by atoms with Gasteiger partial charge in [-0.2, -0.15) is 26.3 Å². The van der Waals surface area contributed by atoms with Gasteiger partial charge in [-0.05, 0) is 127 Å². The van der Waals surface area contributed by atoms with Crippen molar-refractivity contribution in [2.45, 2.75) is 105 Å². The summed E-state index contributed by atoms with van der Waals surface area (Å²) in [6.07, 6.45) is -10.5. The van der Waals surface area contributed by atoms with E-state index in [0.29, 0.717) is 21.6 Å². The van der Waals surface area contributed by atoms with Crippen LogP contribution < -0.4 is 10.9 Å². The molecule has 0 unspecified atom stereocenters. The van der Waals surface area contributed by atoms with E-state index in [0.717, 1.165) is 66.6 Å². The normalized spacial score (nSPS) is 18.7. The molecule has 12 nitrogen and oxygen atoms in total. The number of carbonyl (C=O) groups excluding carboxylic acids is 2. The van der Waals surface area contributed by atoms with Crippen LogP contribution in [-0.2, 0) is 69.0 Å². The van der Waals surface area contributed by atoms with E-state index >= 15 is 9.18 Å². The van der Waals surface area contributed by atoms with E-state index in [1.165, 1.54) is 46.2 Å². The number of piperidine rings is 2. The Morgan fingerprint density at radius 1 is 0.524 bits per heavy atom. The van der Waals surface area contributed by atoms with Crippen molar-refractivity contribution in [3.05, 3.63) is 270 Å². The van der Waals surface area contributed by atoms with Crippen molar-refractivity contribution >= 4 is 57.1 Å². The summed E-state index contributed by atoms with van der Waals surface area (Å²) in [4.78, 5) is 61.8. The number of pyridine rings is 2. The molecule has 4 heterocycles. The third-order valence-corrected chi connectivity index (χ3v) is 18.7. The van der Waals surface area contributed by atoms with Gasteiger partial charge in [0.15, 0.2) is 34.1 Å². The van der Waals surface area contributed by atoms with Crippen molar-refractivity contribution in [2.75, 3.05) is 66.5 Å². The van der Waals surface area contributed by atoms with E-state index < -0.39 is 288 Å². The molecule has 0 spiro atoms. The average Bonchev–Trinajstić information content (AvgIpc) is 0.718. The molecule has 0 aliphatic carbocycles. The lowest BCUT2D eigenvalue weighted by Crippen LogP contribution is -2.48. The van der Waals surface area contributed by atoms with Gasteiger partial charge in [0, 0.05) is 130 Å². The zero-order chi connectivity index (χ0) is 98.3. The van der Waals surface area contributed by atoms with Crippen LogP contribution in [0.5, 0.6) is 0 Å². The SMILES string of the molecule is [2H]C([2H])(C(=O)N(Cc1ccc(-c2ccc(C(F)(F)F)cc2)cc1)C1CCN(C([2H])([2H])C([2H])([2H])OC)CC1)n1c(SCc2cccc(F)c2F)cc(=O)c2ccccc21.[2H]c1c([2H])c(F)c(F)c(CSc2c([2H])c(=O)c3c([2H])c(C)c([2H])c([2H])c3n2C([2H])([2H])C(=O)N(Cc2c([2H])c([2H])c(-c3c([2H])c([2H])c(C(F)(F)F)c([2H])c3[2H])c([2H])c2[2H])C2CCN(C([2H])([2H])C([2H])([2H])OC)CC2)c1[2H]. The minimum Gasteiger partial charge on any atom is -0.383 e. The molecule has 2 aromatic heterocycles. The number of hydrogen-bond donors (Lipinski definition) is 0. The number of fused-ring (bicyclic) bond motifs is 2. The number of amides is 2. The first-order valence-corrected chi connectivity index (χ1v) is 33.9. The first-order chi connectivity index (χ1) is 61.2. The van der Waals surface area contributed by atoms with Gasteiger partial charge in [-0.25, -0.2) is 17.6 Å². The summed E-state index contributed by atoms with van der Waals surface area (Å²) in [5.74, 6) is -9.90. The lowest BCUT2D eigenvalue weighted by atomic mass is 10.00. The number of carbonyl (C=O) groups is 2. The highest BCUT2D eigenvalue weighted by Crippen LogP contribution is 2.36. The standard InChI is InChI=1S/C41H40F5N3O3S.C40H38F5N3O3S/c1-27-6-15-36-34(22-27)37(50)23-39(53-26-31-4-3-5-35(42)40(31)43)49(36)25-38(51)48(33-16-18-47(19-17-33)20-21-52-2)24-28-7-9-29(10-8-28)30-11-13-32(14-12-30)41(44,45)46;1-51-22-21-46-19-17-32(18-20-46)47(24-27-9-11-28(12-10-27)29-13-15-31(16-14-29)40(43,44)45)37(50)25-48-35-8-3-2-6-33(35)36(49)23-38(48)52-26-30-5-4-7-34(41)39(30)42/h3-15,22-23,33H,16-21,24-26H2,1-2H3;2-16,23,32H,17-22,24-26H2,1H3/i3D,4D,5D,6D,7D,8D,9D,10D,11D,12D,13D,14D,15D,20D2,21D2,22D,23D,25D2;21D2,22D2,25D2. The van der Waals surface area contributed by atoms with Crippen molar-refractivity contribution in [1.82, 2.24) is 28.7 Å². The molecule has 0 atom stereocenters. The number of alkyl halides is 6. The number of benzene rings is 8. The second kappa shape index (κ2) is 34.9. The topological polar surface area (TPSA) is 110 Å². The number of para-hydroxylation sites is 1. The number of halogens is 10. The van der Waals surface area contributed by atoms with E-state index in [2.05, 4.69) is 0 Å². The number of rotatable bonds is 24. The Morgan fingerprint density at radius 3 is 1.63 bits per heavy atom. The van der Waals surface area contributed by atoms with Crippen molar-refractivity contribution in [2.24, 2.45) is 0 Å². The van der Waals surface area contributed by atoms with Crippen LogP contribution in [-0.4, -0.2) is 119 Å². The van der Waals surface area contributed by atoms with E-state index in [1.54, 1.807) is 36.4 Å². The molecular weight excluding hydrogens is 1410 g/mol. The first-order valence-electron chi connectivity index (χ1n) is 45.4. The fourth-order valence-electron chi connectivity index (χ4n) is 11.3. The Balaban J connectivity index is 0.000000262. The van der Waals surface area contributed by atoms with Crippen LogP contribution in [0.15, 0.2) is 207 Å². The predicted molar refractivity (Wildman–Crippen MR) is 391 cm³/mol. The van der Waals surface area contributed by atoms with E-state index in [9.17, 15) is 59.4 Å². The lowest BCUT2D eigenvalue weighted by Gasteiger charge is -2.39. The van der Waals surface area contributed by atoms with Gasteiger partial charge in [0.2, 0.25) is 11.8 Å². The van der Waals surface area contributed by atoms with E-state index in [-0.39, 0.29) is 81.6 Å². The van der Waals surface area contributed by atoms with Crippen LogP contribution in [0.25, 0.3) is 44.1 Å². The van der Waals surface area contributed by atoms with Gasteiger partial charge in [-0.3, -0.25) is 19.2 Å². The number of ether oxygens (including phenoxy) is 2. The summed E-state index contributed by atoms with van der Waals surface area (Å²) in [6, 6.07) is 2.25. The molecule has 0 saturated carbocycles. The van der Waals surface area contributed by atoms with Crippen molar-refractivity contribution in [3.8, 4) is 22.3 Å². The maximum atomic E-state index is 15.4. The number of aromatic nitrogens is 2. The minimum atomic E-state index is -5.41. The Hall–Kier alpha value is -9.04. The maximum Gasteiger partial charge on any atom is 0.416 e. The van der Waals surface area contributed by atoms with Crippen molar-refractivity contribution < 1.29 is 100.0 Å². The number of hydrogen-bond acceptors (Lipinski definition) is 10. The molecule has 2 saturated heterocycles. The Morgan fingerprint density at radius 2 is 1.05 bits per heavy atom. The van der Waals surface area contributed by atoms with Gasteiger partial charge >= 0.3 is 12.4 Å². The van der Waals surface area contributed by atoms with Crippen LogP contribution in [0.1, 0.15) is 102 Å². The molecule has 8 aromatic carbocycles. The Kier molecular flexibility index (Phi) is 16.3. The molecule has 24 heteroatoms. The predicted octanol–water partition coefficient (Wildman–Crippen LogP) is 17.1. The van der Waals surface area contributed by atoms with E-state index in [4.69, 9.17) is 41.0 Å². The molecule has 2 amide bonds. The van der Waals surface area contributed by atoms with Crippen LogP contribution in [0.4, 0.5) is 43.9 Å². The third-order valence-electron chi connectivity index (χ3n) is 16.7. The molecule has 0 N–H and O–H groups in total. The zero-order valence-electron chi connectivity index (χ0n) is 82.6. The van der Waals surface area contributed by atoms with Gasteiger partial charge < -0.3 is 38.2 Å². The first kappa shape index (κ1) is 48.9. The number of thioether (sulfide) groups is 2. The molecular formula is C81H78F10N6O6S2. The van der Waals surface area contributed by atoms with Gasteiger partial charge in [-0.1, -0.05) is 121 Å². The summed E-state index contributed by atoms with van der Waals surface area (Å²) < 4.78 is 383. The largest absolute Gasteiger partial charge is 0.416 e. The molecule has 105 heavy (non-hydrogen) atoms. The fourth-order valence-corrected chi connectivity index (χ4v) is 13.2. The second-order valence-electron chi connectivity index (χ2n) is 23.5. The monoisotopic (exact) mass is 1510 g/mol. The highest BCUT2D eigenvalue weighted by molar-refractivity contribution is 7.98. The second-order valence-corrected chi connectivity index (χ2v) is 25.5. The highest BCUT2D eigenvalue weighted by Gasteiger charge is 2.34. The molecule has 0 bridgehead atoms. The van der Waals surface area contributed by atoms with Crippen LogP contribution in [0.3, 0.4) is 0 Å². The summed E-state index contributed by atoms with van der Waals surface area (Å²) in [5, 5.41) is -1.76.